The van der Waals surface area contributed by atoms with Gasteiger partial charge in [-0.25, -0.2) is 5.10 Å². The van der Waals surface area contributed by atoms with E-state index >= 15 is 0 Å². The molecule has 1 atom stereocenters. The van der Waals surface area contributed by atoms with E-state index in [1.54, 1.807) is 0 Å². The van der Waals surface area contributed by atoms with Crippen LogP contribution >= 0.6 is 11.6 Å². The summed E-state index contributed by atoms with van der Waals surface area (Å²) in [5.74, 6) is 0.749. The molecule has 0 aliphatic heterocycles. The minimum absolute atomic E-state index is 0.0175. The lowest BCUT2D eigenvalue weighted by Crippen LogP contribution is -2.08. The zero-order valence-electron chi connectivity index (χ0n) is 8.74. The molecule has 2 rings (SSSR count). The van der Waals surface area contributed by atoms with Gasteiger partial charge in [0, 0.05) is 5.02 Å². The third kappa shape index (κ3) is 2.25. The predicted octanol–water partition coefficient (Wildman–Crippen LogP) is 2.21. The number of nitrogens with zero attached hydrogens (tertiary/aromatic N) is 2. The SMILES string of the molecule is CC(Nc1n[nH]c(N)n1)c1ccccc1Cl. The highest BCUT2D eigenvalue weighted by Gasteiger charge is 2.10. The second-order valence-electron chi connectivity index (χ2n) is 3.43. The maximum atomic E-state index is 6.08. The van der Waals surface area contributed by atoms with Crippen LogP contribution in [0.3, 0.4) is 0 Å². The van der Waals surface area contributed by atoms with Crippen molar-refractivity contribution < 1.29 is 0 Å². The zero-order chi connectivity index (χ0) is 11.5. The number of anilines is 2. The van der Waals surface area contributed by atoms with Crippen LogP contribution in [-0.4, -0.2) is 15.2 Å². The molecule has 1 aromatic carbocycles. The predicted molar refractivity (Wildman–Crippen MR) is 64.3 cm³/mol. The normalized spacial score (nSPS) is 12.4. The third-order valence-electron chi connectivity index (χ3n) is 2.22. The largest absolute Gasteiger partial charge is 0.368 e. The molecule has 1 aromatic heterocycles. The summed E-state index contributed by atoms with van der Waals surface area (Å²) in [5.41, 5.74) is 6.42. The van der Waals surface area contributed by atoms with E-state index in [2.05, 4.69) is 20.5 Å². The van der Waals surface area contributed by atoms with Gasteiger partial charge in [0.25, 0.3) is 0 Å². The number of nitrogens with one attached hydrogen (secondary N) is 2. The molecule has 0 radical (unpaired) electrons. The summed E-state index contributed by atoms with van der Waals surface area (Å²) < 4.78 is 0. The maximum Gasteiger partial charge on any atom is 0.244 e. The van der Waals surface area contributed by atoms with Crippen LogP contribution in [0.15, 0.2) is 24.3 Å². The number of aromatic nitrogens is 3. The van der Waals surface area contributed by atoms with Crippen molar-refractivity contribution in [2.75, 3.05) is 11.1 Å². The molecule has 0 bridgehead atoms. The van der Waals surface area contributed by atoms with Gasteiger partial charge in [-0.1, -0.05) is 29.8 Å². The highest BCUT2D eigenvalue weighted by atomic mass is 35.5. The fraction of sp³-hybridized carbons (Fsp3) is 0.200. The number of aromatic amines is 1. The van der Waals surface area contributed by atoms with Crippen LogP contribution in [0.1, 0.15) is 18.5 Å². The van der Waals surface area contributed by atoms with Crippen LogP contribution in [0.5, 0.6) is 0 Å². The quantitative estimate of drug-likeness (QED) is 0.765. The van der Waals surface area contributed by atoms with Gasteiger partial charge in [0.2, 0.25) is 11.9 Å². The Bertz CT molecular complexity index is 482. The molecule has 0 spiro atoms. The molecule has 84 valence electrons. The first kappa shape index (κ1) is 10.8. The first-order valence-electron chi connectivity index (χ1n) is 4.85. The highest BCUT2D eigenvalue weighted by Crippen LogP contribution is 2.24. The average Bonchev–Trinajstić information content (AvgIpc) is 2.64. The molecular formula is C10H12ClN5. The van der Waals surface area contributed by atoms with Crippen molar-refractivity contribution in [3.63, 3.8) is 0 Å². The molecule has 1 unspecified atom stereocenters. The van der Waals surface area contributed by atoms with Crippen LogP contribution in [0.2, 0.25) is 5.02 Å². The molecule has 0 fully saturated rings. The van der Waals surface area contributed by atoms with Crippen molar-refractivity contribution in [3.8, 4) is 0 Å². The standard InChI is InChI=1S/C10H12ClN5/c1-6(7-4-2-3-5-8(7)11)13-10-14-9(12)15-16-10/h2-6H,1H3,(H4,12,13,14,15,16). The molecular weight excluding hydrogens is 226 g/mol. The van der Waals surface area contributed by atoms with Crippen LogP contribution in [-0.2, 0) is 0 Å². The topological polar surface area (TPSA) is 79.6 Å². The molecule has 0 amide bonds. The summed E-state index contributed by atoms with van der Waals surface area (Å²) in [6.07, 6.45) is 0. The van der Waals surface area contributed by atoms with E-state index in [0.29, 0.717) is 11.0 Å². The van der Waals surface area contributed by atoms with E-state index in [9.17, 15) is 0 Å². The number of halogens is 1. The zero-order valence-corrected chi connectivity index (χ0v) is 9.49. The Kier molecular flexibility index (Phi) is 2.96. The van der Waals surface area contributed by atoms with Gasteiger partial charge in [0.15, 0.2) is 0 Å². The van der Waals surface area contributed by atoms with E-state index in [1.807, 2.05) is 31.2 Å². The number of hydrogen-bond acceptors (Lipinski definition) is 4. The fourth-order valence-corrected chi connectivity index (χ4v) is 1.74. The second-order valence-corrected chi connectivity index (χ2v) is 3.84. The van der Waals surface area contributed by atoms with Crippen molar-refractivity contribution in [1.29, 1.82) is 0 Å². The second kappa shape index (κ2) is 4.40. The first-order chi connectivity index (χ1) is 7.66. The Hall–Kier alpha value is -1.75. The van der Waals surface area contributed by atoms with Crippen molar-refractivity contribution in [1.82, 2.24) is 15.2 Å². The summed E-state index contributed by atoms with van der Waals surface area (Å²) in [7, 11) is 0. The van der Waals surface area contributed by atoms with E-state index in [1.165, 1.54) is 0 Å². The molecule has 6 heteroatoms. The number of H-pyrrole nitrogens is 1. The Morgan fingerprint density at radius 2 is 2.19 bits per heavy atom. The first-order valence-corrected chi connectivity index (χ1v) is 5.23. The summed E-state index contributed by atoms with van der Waals surface area (Å²) in [4.78, 5) is 3.96. The summed E-state index contributed by atoms with van der Waals surface area (Å²) in [6, 6.07) is 7.65. The molecule has 0 saturated carbocycles. The van der Waals surface area contributed by atoms with E-state index in [4.69, 9.17) is 17.3 Å². The lowest BCUT2D eigenvalue weighted by Gasteiger charge is -2.13. The third-order valence-corrected chi connectivity index (χ3v) is 2.56. The van der Waals surface area contributed by atoms with Gasteiger partial charge in [0.1, 0.15) is 0 Å². The molecule has 0 aliphatic rings. The Morgan fingerprint density at radius 1 is 1.44 bits per heavy atom. The maximum absolute atomic E-state index is 6.08. The minimum Gasteiger partial charge on any atom is -0.368 e. The van der Waals surface area contributed by atoms with Crippen molar-refractivity contribution in [2.45, 2.75) is 13.0 Å². The number of benzene rings is 1. The molecule has 2 aromatic rings. The Labute approximate surface area is 98.0 Å². The van der Waals surface area contributed by atoms with Crippen LogP contribution in [0.4, 0.5) is 11.9 Å². The van der Waals surface area contributed by atoms with Crippen LogP contribution < -0.4 is 11.1 Å². The highest BCUT2D eigenvalue weighted by molar-refractivity contribution is 6.31. The Balaban J connectivity index is 2.14. The van der Waals surface area contributed by atoms with Gasteiger partial charge >= 0.3 is 0 Å². The Morgan fingerprint density at radius 3 is 2.81 bits per heavy atom. The van der Waals surface area contributed by atoms with E-state index in [0.717, 1.165) is 5.56 Å². The van der Waals surface area contributed by atoms with E-state index in [-0.39, 0.29) is 12.0 Å². The summed E-state index contributed by atoms with van der Waals surface area (Å²) >= 11 is 6.08. The lowest BCUT2D eigenvalue weighted by atomic mass is 10.1. The average molecular weight is 238 g/mol. The number of nitrogens with two attached hydrogens (primary N) is 1. The monoisotopic (exact) mass is 237 g/mol. The lowest BCUT2D eigenvalue weighted by molar-refractivity contribution is 0.863. The van der Waals surface area contributed by atoms with Crippen LogP contribution in [0, 0.1) is 0 Å². The molecule has 5 nitrogen and oxygen atoms in total. The van der Waals surface area contributed by atoms with Gasteiger partial charge in [-0.3, -0.25) is 0 Å². The van der Waals surface area contributed by atoms with E-state index < -0.39 is 0 Å². The van der Waals surface area contributed by atoms with Gasteiger partial charge < -0.3 is 11.1 Å². The summed E-state index contributed by atoms with van der Waals surface area (Å²) in [5, 5.41) is 10.3. The van der Waals surface area contributed by atoms with Crippen molar-refractivity contribution in [3.05, 3.63) is 34.9 Å². The molecule has 0 saturated heterocycles. The smallest absolute Gasteiger partial charge is 0.244 e. The number of nitrogen functional groups attached to an aromatic ring is 1. The van der Waals surface area contributed by atoms with Crippen molar-refractivity contribution >= 4 is 23.5 Å². The molecule has 16 heavy (non-hydrogen) atoms. The fourth-order valence-electron chi connectivity index (χ4n) is 1.44. The minimum atomic E-state index is 0.0175. The van der Waals surface area contributed by atoms with Gasteiger partial charge in [-0.2, -0.15) is 4.98 Å². The number of hydrogen-bond donors (Lipinski definition) is 3. The van der Waals surface area contributed by atoms with Gasteiger partial charge in [0.05, 0.1) is 6.04 Å². The number of rotatable bonds is 3. The summed E-state index contributed by atoms with van der Waals surface area (Å²) in [6.45, 7) is 1.98. The van der Waals surface area contributed by atoms with Crippen LogP contribution in [0.25, 0.3) is 0 Å². The van der Waals surface area contributed by atoms with Crippen molar-refractivity contribution in [2.24, 2.45) is 0 Å². The van der Waals surface area contributed by atoms with Gasteiger partial charge in [-0.15, -0.1) is 5.10 Å². The van der Waals surface area contributed by atoms with Gasteiger partial charge in [-0.05, 0) is 18.6 Å². The molecule has 1 heterocycles. The molecule has 0 aliphatic carbocycles. The molecule has 4 N–H and O–H groups in total.